The summed E-state index contributed by atoms with van der Waals surface area (Å²) in [6.07, 6.45) is 1.06. The molecule has 1 aromatic rings. The van der Waals surface area contributed by atoms with E-state index < -0.39 is 22.2 Å². The number of amides is 1. The number of likely N-dealkylation sites (tertiary alicyclic amines) is 1. The molecule has 1 fully saturated rings. The monoisotopic (exact) mass is 531 g/mol. The van der Waals surface area contributed by atoms with Gasteiger partial charge < -0.3 is 18.8 Å². The van der Waals surface area contributed by atoms with E-state index in [9.17, 15) is 9.18 Å². The molecular weight excluding hydrogens is 489 g/mol. The average Bonchev–Trinajstić information content (AvgIpc) is 3.06. The van der Waals surface area contributed by atoms with Crippen LogP contribution in [-0.2, 0) is 14.0 Å². The molecule has 1 aromatic carbocycles. The van der Waals surface area contributed by atoms with Crippen molar-refractivity contribution < 1.29 is 23.1 Å². The Labute approximate surface area is 212 Å². The van der Waals surface area contributed by atoms with Gasteiger partial charge >= 0.3 is 0 Å². The quantitative estimate of drug-likeness (QED) is 0.167. The number of benzene rings is 1. The average molecular weight is 532 g/mol. The molecule has 1 aliphatic heterocycles. The molecule has 9 heteroatoms. The van der Waals surface area contributed by atoms with Gasteiger partial charge in [0.2, 0.25) is 5.91 Å². The summed E-state index contributed by atoms with van der Waals surface area (Å²) in [5, 5.41) is 0.185. The summed E-state index contributed by atoms with van der Waals surface area (Å²) >= 11 is 6.36. The first-order chi connectivity index (χ1) is 15.6. The first-order valence-electron chi connectivity index (χ1n) is 12.2. The fraction of sp³-hybridized carbons (Fsp3) is 0.720. The lowest BCUT2D eigenvalue weighted by molar-refractivity contribution is -0.127. The fourth-order valence-corrected chi connectivity index (χ4v) is 5.73. The van der Waals surface area contributed by atoms with Gasteiger partial charge in [-0.15, -0.1) is 0 Å². The van der Waals surface area contributed by atoms with Crippen molar-refractivity contribution in [3.05, 3.63) is 28.5 Å². The second-order valence-electron chi connectivity index (χ2n) is 12.0. The van der Waals surface area contributed by atoms with Crippen molar-refractivity contribution >= 4 is 33.9 Å². The third-order valence-electron chi connectivity index (χ3n) is 6.85. The van der Waals surface area contributed by atoms with Crippen LogP contribution in [0, 0.1) is 5.82 Å². The number of rotatable bonds is 12. The molecule has 194 valence electrons. The maximum atomic E-state index is 14.3. The van der Waals surface area contributed by atoms with Gasteiger partial charge in [-0.2, -0.15) is 0 Å². The molecule has 34 heavy (non-hydrogen) atoms. The largest absolute Gasteiger partial charge is 0.467 e. The number of nitrogens with zero attached hydrogens (tertiary/aromatic N) is 1. The van der Waals surface area contributed by atoms with Crippen molar-refractivity contribution in [2.75, 3.05) is 33.1 Å². The molecule has 1 saturated heterocycles. The first-order valence-corrected chi connectivity index (χ1v) is 19.2. The number of hydrogen-bond acceptors (Lipinski definition) is 4. The van der Waals surface area contributed by atoms with Crippen molar-refractivity contribution in [3.63, 3.8) is 0 Å². The topological polar surface area (TPSA) is 48.0 Å². The van der Waals surface area contributed by atoms with Crippen LogP contribution in [0.15, 0.2) is 12.1 Å². The van der Waals surface area contributed by atoms with E-state index in [0.717, 1.165) is 12.5 Å². The number of carbonyl (C=O) groups excluding carboxylic acids is 1. The minimum absolute atomic E-state index is 0.0282. The summed E-state index contributed by atoms with van der Waals surface area (Å²) in [5.74, 6) is -0.179. The maximum absolute atomic E-state index is 14.3. The number of halogens is 2. The highest BCUT2D eigenvalue weighted by Gasteiger charge is 2.37. The highest BCUT2D eigenvalue weighted by atomic mass is 35.5. The SMILES string of the molecule is CC(C)(C)[Si](C)(C)OCCCN1C[C@@H](c2c(OCOCC[Si](C)(C)C)ccc(F)c2Cl)CC1=O. The Morgan fingerprint density at radius 1 is 1.15 bits per heavy atom. The molecule has 0 N–H and O–H groups in total. The molecule has 0 unspecified atom stereocenters. The zero-order chi connectivity index (χ0) is 25.7. The van der Waals surface area contributed by atoms with Gasteiger partial charge in [0.25, 0.3) is 0 Å². The summed E-state index contributed by atoms with van der Waals surface area (Å²) in [6.45, 7) is 20.4. The Kier molecular flexibility index (Phi) is 10.2. The van der Waals surface area contributed by atoms with Crippen LogP contribution in [0.3, 0.4) is 0 Å². The van der Waals surface area contributed by atoms with E-state index in [1.54, 1.807) is 6.07 Å². The lowest BCUT2D eigenvalue weighted by Gasteiger charge is -2.36. The lowest BCUT2D eigenvalue weighted by Crippen LogP contribution is -2.41. The lowest BCUT2D eigenvalue weighted by atomic mass is 9.97. The summed E-state index contributed by atoms with van der Waals surface area (Å²) < 4.78 is 32.0. The highest BCUT2D eigenvalue weighted by molar-refractivity contribution is 6.76. The molecule has 0 aromatic heterocycles. The molecule has 5 nitrogen and oxygen atoms in total. The van der Waals surface area contributed by atoms with Crippen LogP contribution in [0.25, 0.3) is 0 Å². The van der Waals surface area contributed by atoms with Crippen molar-refractivity contribution in [3.8, 4) is 5.75 Å². The molecule has 0 spiro atoms. The fourth-order valence-electron chi connectivity index (χ4n) is 3.58. The van der Waals surface area contributed by atoms with Gasteiger partial charge in [0, 0.05) is 52.3 Å². The minimum Gasteiger partial charge on any atom is -0.467 e. The second kappa shape index (κ2) is 11.9. The van der Waals surface area contributed by atoms with E-state index in [2.05, 4.69) is 53.5 Å². The van der Waals surface area contributed by atoms with Gasteiger partial charge in [0.15, 0.2) is 15.1 Å². The third kappa shape index (κ3) is 8.33. The van der Waals surface area contributed by atoms with Crippen LogP contribution in [0.5, 0.6) is 5.75 Å². The zero-order valence-corrected chi connectivity index (χ0v) is 25.0. The van der Waals surface area contributed by atoms with Gasteiger partial charge in [0.05, 0.1) is 5.02 Å². The smallest absolute Gasteiger partial charge is 0.223 e. The Balaban J connectivity index is 1.96. The molecule has 1 heterocycles. The number of carbonyl (C=O) groups is 1. The van der Waals surface area contributed by atoms with Gasteiger partial charge in [-0.1, -0.05) is 52.0 Å². The predicted octanol–water partition coefficient (Wildman–Crippen LogP) is 6.90. The van der Waals surface area contributed by atoms with Crippen LogP contribution < -0.4 is 4.74 Å². The normalized spacial score (nSPS) is 17.5. The molecule has 0 bridgehead atoms. The standard InChI is InChI=1S/C25H43ClFNO4Si2/c1-25(2,3)34(7,8)32-13-9-12-28-17-19(16-22(28)29)23-21(11-10-20(27)24(23)26)31-18-30-14-15-33(4,5)6/h10-11,19H,9,12-18H2,1-8H3/t19-/m0/s1. The van der Waals surface area contributed by atoms with Gasteiger partial charge in [-0.25, -0.2) is 4.39 Å². The Bertz CT molecular complexity index is 839. The van der Waals surface area contributed by atoms with E-state index in [1.807, 2.05) is 4.90 Å². The van der Waals surface area contributed by atoms with E-state index in [0.29, 0.717) is 44.0 Å². The van der Waals surface area contributed by atoms with E-state index >= 15 is 0 Å². The van der Waals surface area contributed by atoms with Crippen LogP contribution in [0.4, 0.5) is 4.39 Å². The first kappa shape index (κ1) is 29.3. The van der Waals surface area contributed by atoms with Gasteiger partial charge in [-0.3, -0.25) is 4.79 Å². The molecule has 0 saturated carbocycles. The zero-order valence-electron chi connectivity index (χ0n) is 22.2. The Hall–Kier alpha value is -0.936. The molecule has 1 amide bonds. The van der Waals surface area contributed by atoms with Crippen molar-refractivity contribution in [1.82, 2.24) is 4.90 Å². The second-order valence-corrected chi connectivity index (χ2v) is 22.8. The summed E-state index contributed by atoms with van der Waals surface area (Å²) in [6, 6.07) is 3.92. The van der Waals surface area contributed by atoms with Crippen molar-refractivity contribution in [2.24, 2.45) is 0 Å². The van der Waals surface area contributed by atoms with E-state index in [-0.39, 0.29) is 28.7 Å². The highest BCUT2D eigenvalue weighted by Crippen LogP contribution is 2.40. The number of ether oxygens (including phenoxy) is 2. The van der Waals surface area contributed by atoms with E-state index in [4.69, 9.17) is 25.5 Å². The van der Waals surface area contributed by atoms with Crippen LogP contribution in [0.1, 0.15) is 45.1 Å². The maximum Gasteiger partial charge on any atom is 0.223 e. The van der Waals surface area contributed by atoms with Crippen molar-refractivity contribution in [1.29, 1.82) is 0 Å². The third-order valence-corrected chi connectivity index (χ3v) is 13.5. The van der Waals surface area contributed by atoms with Crippen LogP contribution in [0.2, 0.25) is 48.8 Å². The van der Waals surface area contributed by atoms with Crippen molar-refractivity contribution in [2.45, 2.75) is 83.3 Å². The Morgan fingerprint density at radius 2 is 1.82 bits per heavy atom. The summed E-state index contributed by atoms with van der Waals surface area (Å²) in [5.41, 5.74) is 0.559. The minimum atomic E-state index is -1.80. The van der Waals surface area contributed by atoms with Crippen LogP contribution >= 0.6 is 11.6 Å². The van der Waals surface area contributed by atoms with Gasteiger partial charge in [0.1, 0.15) is 11.6 Å². The van der Waals surface area contributed by atoms with E-state index in [1.165, 1.54) is 6.07 Å². The van der Waals surface area contributed by atoms with Crippen LogP contribution in [-0.4, -0.2) is 60.3 Å². The summed E-state index contributed by atoms with van der Waals surface area (Å²) in [7, 11) is -2.99. The molecule has 0 aliphatic carbocycles. The number of hydrogen-bond donors (Lipinski definition) is 0. The molecule has 0 radical (unpaired) electrons. The Morgan fingerprint density at radius 3 is 2.44 bits per heavy atom. The predicted molar refractivity (Wildman–Crippen MR) is 143 cm³/mol. The summed E-state index contributed by atoms with van der Waals surface area (Å²) in [4.78, 5) is 14.5. The van der Waals surface area contributed by atoms with Gasteiger partial charge in [-0.05, 0) is 42.7 Å². The molecule has 2 rings (SSSR count). The molecule has 1 atom stereocenters. The molecular formula is C25H43ClFNO4Si2. The molecule has 1 aliphatic rings.